The summed E-state index contributed by atoms with van der Waals surface area (Å²) in [5.41, 5.74) is 2.54. The number of anilines is 2. The largest absolute Gasteiger partial charge is 0.314 e. The van der Waals surface area contributed by atoms with Crippen LogP contribution in [0.3, 0.4) is 0 Å². The fourth-order valence-corrected chi connectivity index (χ4v) is 3.94. The zero-order chi connectivity index (χ0) is 20.1. The number of aromatic amines is 1. The molecule has 1 aliphatic heterocycles. The lowest BCUT2D eigenvalue weighted by Gasteiger charge is -2.16. The Morgan fingerprint density at radius 3 is 2.71 bits per heavy atom. The molecule has 28 heavy (non-hydrogen) atoms. The number of likely N-dealkylation sites (N-methyl/N-ethyl adjacent to an activating group) is 1. The summed E-state index contributed by atoms with van der Waals surface area (Å²) < 4.78 is 0. The molecular weight excluding hydrogens is 378 g/mol. The summed E-state index contributed by atoms with van der Waals surface area (Å²) in [6.45, 7) is 3.82. The van der Waals surface area contributed by atoms with Crippen LogP contribution < -0.4 is 15.8 Å². The molecule has 0 radical (unpaired) electrons. The molecule has 0 fully saturated rings. The van der Waals surface area contributed by atoms with E-state index in [2.05, 4.69) is 20.5 Å². The fourth-order valence-electron chi connectivity index (χ4n) is 3.23. The van der Waals surface area contributed by atoms with Gasteiger partial charge in [-0.25, -0.2) is 10.1 Å². The number of H-pyrrole nitrogens is 1. The molecule has 0 saturated carbocycles. The smallest absolute Gasteiger partial charge is 0.277 e. The van der Waals surface area contributed by atoms with Crippen LogP contribution in [0.4, 0.5) is 10.8 Å². The maximum atomic E-state index is 12.4. The number of rotatable bonds is 3. The van der Waals surface area contributed by atoms with Crippen molar-refractivity contribution in [1.29, 1.82) is 0 Å². The van der Waals surface area contributed by atoms with E-state index in [1.807, 2.05) is 37.4 Å². The lowest BCUT2D eigenvalue weighted by atomic mass is 9.85. The summed E-state index contributed by atoms with van der Waals surface area (Å²) in [7, 11) is 1.77. The lowest BCUT2D eigenvalue weighted by Crippen LogP contribution is -2.33. The number of carbonyl (C=O) groups is 2. The predicted molar refractivity (Wildman–Crippen MR) is 107 cm³/mol. The molecule has 0 saturated heterocycles. The molecule has 4 rings (SSSR count). The van der Waals surface area contributed by atoms with Crippen molar-refractivity contribution >= 4 is 34.0 Å². The second-order valence-corrected chi connectivity index (χ2v) is 7.88. The van der Waals surface area contributed by atoms with Gasteiger partial charge in [-0.3, -0.25) is 19.7 Å². The summed E-state index contributed by atoms with van der Waals surface area (Å²) >= 11 is 1.28. The van der Waals surface area contributed by atoms with Gasteiger partial charge in [0.25, 0.3) is 11.5 Å². The summed E-state index contributed by atoms with van der Waals surface area (Å²) in [5.74, 6) is -0.404. The van der Waals surface area contributed by atoms with Crippen molar-refractivity contribution in [2.45, 2.75) is 19.3 Å². The Labute approximate surface area is 164 Å². The SMILES string of the molecule is CN1C(=O)C(C)(C)c2cc(-c3csc(NC(=O)c4ccc(=O)[nH]n4)n3)ccc21. The minimum absolute atomic E-state index is 0.0549. The lowest BCUT2D eigenvalue weighted by molar-refractivity contribution is -0.121. The highest BCUT2D eigenvalue weighted by molar-refractivity contribution is 7.14. The molecule has 0 spiro atoms. The monoisotopic (exact) mass is 395 g/mol. The Hall–Kier alpha value is -3.33. The van der Waals surface area contributed by atoms with Crippen LogP contribution in [0.1, 0.15) is 29.9 Å². The number of nitrogens with zero attached hydrogens (tertiary/aromatic N) is 3. The van der Waals surface area contributed by atoms with Gasteiger partial charge in [0.2, 0.25) is 5.91 Å². The zero-order valence-electron chi connectivity index (χ0n) is 15.4. The number of benzene rings is 1. The first-order chi connectivity index (χ1) is 13.3. The fraction of sp³-hybridized carbons (Fsp3) is 0.211. The van der Waals surface area contributed by atoms with E-state index in [4.69, 9.17) is 0 Å². The van der Waals surface area contributed by atoms with Crippen molar-refractivity contribution in [1.82, 2.24) is 15.2 Å². The number of carbonyl (C=O) groups excluding carboxylic acids is 2. The zero-order valence-corrected chi connectivity index (χ0v) is 16.3. The van der Waals surface area contributed by atoms with Gasteiger partial charge < -0.3 is 4.90 Å². The molecule has 0 aliphatic carbocycles. The van der Waals surface area contributed by atoms with Gasteiger partial charge in [-0.15, -0.1) is 11.3 Å². The second-order valence-electron chi connectivity index (χ2n) is 7.02. The molecule has 8 nitrogen and oxygen atoms in total. The van der Waals surface area contributed by atoms with Crippen molar-refractivity contribution in [2.24, 2.45) is 0 Å². The van der Waals surface area contributed by atoms with Crippen molar-refractivity contribution in [3.8, 4) is 11.3 Å². The molecular formula is C19H17N5O3S. The molecule has 1 aliphatic rings. The van der Waals surface area contributed by atoms with Gasteiger partial charge in [-0.05, 0) is 37.6 Å². The Morgan fingerprint density at radius 1 is 1.21 bits per heavy atom. The van der Waals surface area contributed by atoms with Crippen LogP contribution >= 0.6 is 11.3 Å². The highest BCUT2D eigenvalue weighted by atomic mass is 32.1. The number of aromatic nitrogens is 3. The Morgan fingerprint density at radius 2 is 2.00 bits per heavy atom. The number of hydrogen-bond acceptors (Lipinski definition) is 6. The molecule has 3 aromatic rings. The summed E-state index contributed by atoms with van der Waals surface area (Å²) in [5, 5.41) is 10.8. The maximum absolute atomic E-state index is 12.4. The van der Waals surface area contributed by atoms with Gasteiger partial charge >= 0.3 is 0 Å². The minimum Gasteiger partial charge on any atom is -0.314 e. The maximum Gasteiger partial charge on any atom is 0.277 e. The third-order valence-electron chi connectivity index (χ3n) is 4.80. The highest BCUT2D eigenvalue weighted by Crippen LogP contribution is 2.42. The average molecular weight is 395 g/mol. The van der Waals surface area contributed by atoms with Crippen LogP contribution in [0.15, 0.2) is 40.5 Å². The third kappa shape index (κ3) is 2.89. The van der Waals surface area contributed by atoms with Crippen LogP contribution in [0.25, 0.3) is 11.3 Å². The van der Waals surface area contributed by atoms with Crippen LogP contribution in [-0.2, 0) is 10.2 Å². The summed E-state index contributed by atoms with van der Waals surface area (Å²) in [6.07, 6.45) is 0. The van der Waals surface area contributed by atoms with Crippen LogP contribution in [-0.4, -0.2) is 34.0 Å². The number of nitrogens with one attached hydrogen (secondary N) is 2. The van der Waals surface area contributed by atoms with E-state index in [0.29, 0.717) is 10.8 Å². The summed E-state index contributed by atoms with van der Waals surface area (Å²) in [6, 6.07) is 8.38. The normalized spacial score (nSPS) is 14.8. The molecule has 0 atom stereocenters. The van der Waals surface area contributed by atoms with E-state index >= 15 is 0 Å². The number of thiazole rings is 1. The third-order valence-corrected chi connectivity index (χ3v) is 5.56. The number of fused-ring (bicyclic) bond motifs is 1. The second kappa shape index (κ2) is 6.38. The van der Waals surface area contributed by atoms with E-state index in [0.717, 1.165) is 16.8 Å². The molecule has 142 valence electrons. The predicted octanol–water partition coefficient (Wildman–Crippen LogP) is 2.40. The molecule has 2 aromatic heterocycles. The first-order valence-electron chi connectivity index (χ1n) is 8.53. The number of hydrogen-bond donors (Lipinski definition) is 2. The quantitative estimate of drug-likeness (QED) is 0.708. The molecule has 3 heterocycles. The molecule has 0 bridgehead atoms. The Balaban J connectivity index is 1.59. The highest BCUT2D eigenvalue weighted by Gasteiger charge is 2.42. The Kier molecular flexibility index (Phi) is 4.11. The van der Waals surface area contributed by atoms with Gasteiger partial charge in [0.15, 0.2) is 5.13 Å². The first kappa shape index (κ1) is 18.1. The van der Waals surface area contributed by atoms with Crippen LogP contribution in [0.2, 0.25) is 0 Å². The van der Waals surface area contributed by atoms with Crippen molar-refractivity contribution in [2.75, 3.05) is 17.3 Å². The van der Waals surface area contributed by atoms with Crippen LogP contribution in [0.5, 0.6) is 0 Å². The van der Waals surface area contributed by atoms with E-state index in [-0.39, 0.29) is 17.2 Å². The molecule has 0 unspecified atom stereocenters. The van der Waals surface area contributed by atoms with Gasteiger partial charge in [-0.2, -0.15) is 5.10 Å². The first-order valence-corrected chi connectivity index (χ1v) is 9.41. The molecule has 2 N–H and O–H groups in total. The average Bonchev–Trinajstić information content (AvgIpc) is 3.20. The van der Waals surface area contributed by atoms with Gasteiger partial charge in [0.1, 0.15) is 5.69 Å². The number of amides is 2. The van der Waals surface area contributed by atoms with Gasteiger partial charge in [-0.1, -0.05) is 6.07 Å². The molecule has 1 aromatic carbocycles. The molecule has 2 amide bonds. The van der Waals surface area contributed by atoms with Gasteiger partial charge in [0, 0.05) is 29.7 Å². The summed E-state index contributed by atoms with van der Waals surface area (Å²) in [4.78, 5) is 41.8. The molecule has 9 heteroatoms. The van der Waals surface area contributed by atoms with E-state index in [9.17, 15) is 14.4 Å². The van der Waals surface area contributed by atoms with Crippen molar-refractivity contribution < 1.29 is 9.59 Å². The van der Waals surface area contributed by atoms with E-state index in [1.54, 1.807) is 11.9 Å². The van der Waals surface area contributed by atoms with E-state index < -0.39 is 11.3 Å². The van der Waals surface area contributed by atoms with Crippen molar-refractivity contribution in [3.63, 3.8) is 0 Å². The van der Waals surface area contributed by atoms with E-state index in [1.165, 1.54) is 23.5 Å². The standard InChI is InChI=1S/C19H17N5O3S/c1-19(2)11-8-10(4-6-14(11)24(3)17(19)27)13-9-28-18(20-13)21-16(26)12-5-7-15(25)23-22-12/h4-9H,1-3H3,(H,23,25)(H,20,21,26). The minimum atomic E-state index is -0.594. The van der Waals surface area contributed by atoms with Crippen LogP contribution in [0, 0.1) is 0 Å². The topological polar surface area (TPSA) is 108 Å². The van der Waals surface area contributed by atoms with Gasteiger partial charge in [0.05, 0.1) is 11.1 Å². The Bertz CT molecular complexity index is 1140. The van der Waals surface area contributed by atoms with Crippen molar-refractivity contribution in [3.05, 3.63) is 57.3 Å².